The maximum absolute atomic E-state index is 12.2. The monoisotopic (exact) mass is 311 g/mol. The SMILES string of the molecule is COC(=O)C(C(=O)OC)(C(=O)OC)c1ccccc1[N+](=O)[O-]. The maximum atomic E-state index is 12.2. The Kier molecular flexibility index (Phi) is 5.17. The molecule has 9 nitrogen and oxygen atoms in total. The van der Waals surface area contributed by atoms with Gasteiger partial charge in [0.05, 0.1) is 31.8 Å². The van der Waals surface area contributed by atoms with Crippen LogP contribution < -0.4 is 0 Å². The van der Waals surface area contributed by atoms with Crippen molar-refractivity contribution in [3.63, 3.8) is 0 Å². The van der Waals surface area contributed by atoms with Gasteiger partial charge in [0, 0.05) is 6.07 Å². The first-order valence-electron chi connectivity index (χ1n) is 5.87. The number of hydrogen-bond donors (Lipinski definition) is 0. The highest BCUT2D eigenvalue weighted by Crippen LogP contribution is 2.35. The summed E-state index contributed by atoms with van der Waals surface area (Å²) < 4.78 is 13.5. The maximum Gasteiger partial charge on any atom is 0.339 e. The van der Waals surface area contributed by atoms with E-state index in [0.717, 1.165) is 33.5 Å². The highest BCUT2D eigenvalue weighted by molar-refractivity contribution is 6.24. The van der Waals surface area contributed by atoms with Crippen LogP contribution >= 0.6 is 0 Å². The molecule has 0 aliphatic carbocycles. The van der Waals surface area contributed by atoms with E-state index in [-0.39, 0.29) is 0 Å². The van der Waals surface area contributed by atoms with Crippen molar-refractivity contribution in [1.82, 2.24) is 0 Å². The van der Waals surface area contributed by atoms with Crippen molar-refractivity contribution in [2.45, 2.75) is 5.41 Å². The van der Waals surface area contributed by atoms with E-state index < -0.39 is 39.5 Å². The molecule has 9 heteroatoms. The van der Waals surface area contributed by atoms with Crippen molar-refractivity contribution >= 4 is 23.6 Å². The molecule has 0 amide bonds. The van der Waals surface area contributed by atoms with Crippen molar-refractivity contribution in [1.29, 1.82) is 0 Å². The molecule has 1 aromatic carbocycles. The van der Waals surface area contributed by atoms with E-state index in [2.05, 4.69) is 14.2 Å². The average molecular weight is 311 g/mol. The van der Waals surface area contributed by atoms with Crippen LogP contribution in [-0.4, -0.2) is 44.2 Å². The Labute approximate surface area is 124 Å². The number of hydrogen-bond acceptors (Lipinski definition) is 8. The third-order valence-electron chi connectivity index (χ3n) is 2.98. The Bertz CT molecular complexity index is 583. The fourth-order valence-electron chi connectivity index (χ4n) is 1.99. The second-order valence-corrected chi connectivity index (χ2v) is 4.00. The highest BCUT2D eigenvalue weighted by atomic mass is 16.6. The normalized spacial score (nSPS) is 10.5. The van der Waals surface area contributed by atoms with Crippen LogP contribution in [0, 0.1) is 10.1 Å². The third kappa shape index (κ3) is 2.48. The number of carbonyl (C=O) groups excluding carboxylic acids is 3. The second kappa shape index (κ2) is 6.66. The number of benzene rings is 1. The molecule has 0 aromatic heterocycles. The minimum atomic E-state index is -2.73. The zero-order chi connectivity index (χ0) is 16.9. The molecule has 1 rings (SSSR count). The van der Waals surface area contributed by atoms with Crippen molar-refractivity contribution in [2.75, 3.05) is 21.3 Å². The first-order valence-corrected chi connectivity index (χ1v) is 5.87. The molecular weight excluding hydrogens is 298 g/mol. The molecule has 0 saturated heterocycles. The molecule has 0 unspecified atom stereocenters. The summed E-state index contributed by atoms with van der Waals surface area (Å²) in [5, 5.41) is 11.2. The molecule has 0 spiro atoms. The highest BCUT2D eigenvalue weighted by Gasteiger charge is 2.61. The van der Waals surface area contributed by atoms with Crippen LogP contribution in [-0.2, 0) is 34.0 Å². The smallest absolute Gasteiger partial charge is 0.339 e. The minimum absolute atomic E-state index is 0.495. The van der Waals surface area contributed by atoms with Gasteiger partial charge in [-0.05, 0) is 6.07 Å². The molecule has 0 radical (unpaired) electrons. The summed E-state index contributed by atoms with van der Waals surface area (Å²) in [6.07, 6.45) is 0. The average Bonchev–Trinajstić information content (AvgIpc) is 2.54. The summed E-state index contributed by atoms with van der Waals surface area (Å²) >= 11 is 0. The van der Waals surface area contributed by atoms with Gasteiger partial charge in [-0.1, -0.05) is 12.1 Å². The molecule has 118 valence electrons. The van der Waals surface area contributed by atoms with Crippen molar-refractivity contribution < 1.29 is 33.5 Å². The van der Waals surface area contributed by atoms with E-state index in [0.29, 0.717) is 0 Å². The summed E-state index contributed by atoms with van der Waals surface area (Å²) in [5.41, 5.74) is -3.85. The van der Waals surface area contributed by atoms with Gasteiger partial charge in [0.1, 0.15) is 0 Å². The molecule has 0 heterocycles. The zero-order valence-electron chi connectivity index (χ0n) is 12.0. The van der Waals surface area contributed by atoms with Gasteiger partial charge >= 0.3 is 17.9 Å². The Morgan fingerprint density at radius 2 is 1.36 bits per heavy atom. The number of carbonyl (C=O) groups is 3. The number of esters is 3. The zero-order valence-corrected chi connectivity index (χ0v) is 12.0. The molecule has 0 bridgehead atoms. The number of para-hydroxylation sites is 1. The van der Waals surface area contributed by atoms with Crippen LogP contribution in [0.4, 0.5) is 5.69 Å². The first-order chi connectivity index (χ1) is 10.4. The van der Waals surface area contributed by atoms with Crippen LogP contribution in [0.5, 0.6) is 0 Å². The summed E-state index contributed by atoms with van der Waals surface area (Å²) in [4.78, 5) is 46.8. The molecule has 0 aliphatic heterocycles. The summed E-state index contributed by atoms with van der Waals surface area (Å²) in [6, 6.07) is 4.77. The number of nitrogens with zero attached hydrogens (tertiary/aromatic N) is 1. The van der Waals surface area contributed by atoms with Crippen LogP contribution in [0.1, 0.15) is 5.56 Å². The lowest BCUT2D eigenvalue weighted by molar-refractivity contribution is -0.385. The van der Waals surface area contributed by atoms with Gasteiger partial charge in [0.2, 0.25) is 0 Å². The largest absolute Gasteiger partial charge is 0.467 e. The van der Waals surface area contributed by atoms with Crippen molar-refractivity contribution in [3.8, 4) is 0 Å². The third-order valence-corrected chi connectivity index (χ3v) is 2.98. The second-order valence-electron chi connectivity index (χ2n) is 4.00. The number of rotatable bonds is 5. The van der Waals surface area contributed by atoms with E-state index in [1.54, 1.807) is 0 Å². The molecule has 0 fully saturated rings. The number of methoxy groups -OCH3 is 3. The molecule has 0 N–H and O–H groups in total. The number of nitro benzene ring substituents is 1. The van der Waals surface area contributed by atoms with Gasteiger partial charge in [0.25, 0.3) is 11.1 Å². The van der Waals surface area contributed by atoms with E-state index in [1.807, 2.05) is 0 Å². The lowest BCUT2D eigenvalue weighted by Crippen LogP contribution is -2.52. The summed E-state index contributed by atoms with van der Waals surface area (Å²) in [5.74, 6) is -4.04. The van der Waals surface area contributed by atoms with E-state index in [4.69, 9.17) is 0 Å². The molecule has 1 aromatic rings. The minimum Gasteiger partial charge on any atom is -0.467 e. The Hall–Kier alpha value is -2.97. The Morgan fingerprint density at radius 1 is 0.955 bits per heavy atom. The van der Waals surface area contributed by atoms with Gasteiger partial charge in [0.15, 0.2) is 0 Å². The van der Waals surface area contributed by atoms with Crippen LogP contribution in [0.25, 0.3) is 0 Å². The molecule has 22 heavy (non-hydrogen) atoms. The van der Waals surface area contributed by atoms with E-state index in [9.17, 15) is 24.5 Å². The fourth-order valence-corrected chi connectivity index (χ4v) is 1.99. The quantitative estimate of drug-likeness (QED) is 0.251. The lowest BCUT2D eigenvalue weighted by Gasteiger charge is -2.25. The molecular formula is C13H13NO8. The Morgan fingerprint density at radius 3 is 1.73 bits per heavy atom. The molecule has 0 aliphatic rings. The lowest BCUT2D eigenvalue weighted by atomic mass is 9.79. The van der Waals surface area contributed by atoms with Gasteiger partial charge in [-0.2, -0.15) is 0 Å². The van der Waals surface area contributed by atoms with Gasteiger partial charge in [-0.15, -0.1) is 0 Å². The van der Waals surface area contributed by atoms with E-state index in [1.165, 1.54) is 12.1 Å². The summed E-state index contributed by atoms with van der Waals surface area (Å²) in [6.45, 7) is 0. The van der Waals surface area contributed by atoms with Gasteiger partial charge < -0.3 is 14.2 Å². The van der Waals surface area contributed by atoms with Gasteiger partial charge in [-0.25, -0.2) is 14.4 Å². The number of nitro groups is 1. The van der Waals surface area contributed by atoms with E-state index >= 15 is 0 Å². The topological polar surface area (TPSA) is 122 Å². The predicted octanol–water partition coefficient (Wildman–Crippen LogP) is 0.352. The van der Waals surface area contributed by atoms with Crippen LogP contribution in [0.15, 0.2) is 24.3 Å². The standard InChI is InChI=1S/C13H13NO8/c1-20-10(15)13(11(16)21-2,12(17)22-3)8-6-4-5-7-9(8)14(18)19/h4-7H,1-3H3. The van der Waals surface area contributed by atoms with Crippen LogP contribution in [0.3, 0.4) is 0 Å². The van der Waals surface area contributed by atoms with Gasteiger partial charge in [-0.3, -0.25) is 10.1 Å². The predicted molar refractivity (Wildman–Crippen MR) is 70.8 cm³/mol. The molecule has 0 saturated carbocycles. The first kappa shape index (κ1) is 17.1. The van der Waals surface area contributed by atoms with Crippen molar-refractivity contribution in [3.05, 3.63) is 39.9 Å². The van der Waals surface area contributed by atoms with Crippen LogP contribution in [0.2, 0.25) is 0 Å². The molecule has 0 atom stereocenters. The number of ether oxygens (including phenoxy) is 3. The van der Waals surface area contributed by atoms with Crippen molar-refractivity contribution in [2.24, 2.45) is 0 Å². The Balaban J connectivity index is 3.85. The fraction of sp³-hybridized carbons (Fsp3) is 0.308. The summed E-state index contributed by atoms with van der Waals surface area (Å²) in [7, 11) is 2.78.